The number of alkyl halides is 2. The summed E-state index contributed by atoms with van der Waals surface area (Å²) in [5.41, 5.74) is -8.39. The van der Waals surface area contributed by atoms with Crippen LogP contribution in [0.2, 0.25) is 0 Å². The fraction of sp³-hybridized carbons (Fsp3) is 0.667. The summed E-state index contributed by atoms with van der Waals surface area (Å²) in [5, 5.41) is 55.8. The second-order valence-corrected chi connectivity index (χ2v) is 7.84. The second kappa shape index (κ2) is 5.94. The van der Waals surface area contributed by atoms with Gasteiger partial charge in [0.1, 0.15) is 19.2 Å². The Bertz CT molecular complexity index is 654. The van der Waals surface area contributed by atoms with Crippen molar-refractivity contribution in [2.45, 2.75) is 20.7 Å². The third-order valence-corrected chi connectivity index (χ3v) is 9.12. The summed E-state index contributed by atoms with van der Waals surface area (Å²) in [4.78, 5) is 36.8. The van der Waals surface area contributed by atoms with Crippen molar-refractivity contribution in [3.8, 4) is 0 Å². The van der Waals surface area contributed by atoms with Gasteiger partial charge in [-0.15, -0.1) is 0 Å². The first-order valence-corrected chi connectivity index (χ1v) is 8.24. The molecule has 0 amide bonds. The van der Waals surface area contributed by atoms with Gasteiger partial charge in [0.2, 0.25) is 0 Å². The van der Waals surface area contributed by atoms with Gasteiger partial charge >= 0.3 is 15.8 Å². The van der Waals surface area contributed by atoms with E-state index in [0.717, 1.165) is 0 Å². The smallest absolute Gasteiger partial charge is 0.314 e. The SMILES string of the molecule is O=[N+]([O-])C1(O)C(Br)=C(Br)C(Br)C(Br)([N+](=O)[O-])C1([N+](=O)[O-])[N+](=O)[O-]. The first-order valence-electron chi connectivity index (χ1n) is 4.94. The van der Waals surface area contributed by atoms with E-state index in [1.54, 1.807) is 0 Å². The van der Waals surface area contributed by atoms with Crippen molar-refractivity contribution in [2.75, 3.05) is 0 Å². The lowest BCUT2D eigenvalue weighted by atomic mass is 9.82. The van der Waals surface area contributed by atoms with Crippen molar-refractivity contribution in [3.05, 3.63) is 49.4 Å². The maximum atomic E-state index is 11.4. The lowest BCUT2D eigenvalue weighted by Gasteiger charge is -2.37. The Morgan fingerprint density at radius 1 is 0.913 bits per heavy atom. The Kier molecular flexibility index (Phi) is 5.23. The average Bonchev–Trinajstić information content (AvgIpc) is 2.42. The molecule has 1 rings (SSSR count). The molecule has 0 bridgehead atoms. The van der Waals surface area contributed by atoms with Crippen molar-refractivity contribution in [1.29, 1.82) is 0 Å². The van der Waals surface area contributed by atoms with Crippen molar-refractivity contribution in [3.63, 3.8) is 0 Å². The lowest BCUT2D eigenvalue weighted by Crippen LogP contribution is -2.82. The molecule has 0 radical (unpaired) electrons. The summed E-state index contributed by atoms with van der Waals surface area (Å²) in [6.45, 7) is 0. The van der Waals surface area contributed by atoms with Gasteiger partial charge in [0.15, 0.2) is 0 Å². The first kappa shape index (κ1) is 20.3. The molecule has 13 nitrogen and oxygen atoms in total. The summed E-state index contributed by atoms with van der Waals surface area (Å²) in [7, 11) is 0. The minimum Gasteiger partial charge on any atom is -0.314 e. The highest BCUT2D eigenvalue weighted by Crippen LogP contribution is 2.58. The zero-order chi connectivity index (χ0) is 18.5. The highest BCUT2D eigenvalue weighted by atomic mass is 79.9. The predicted octanol–water partition coefficient (Wildman–Crippen LogP) is 1.35. The van der Waals surface area contributed by atoms with E-state index in [4.69, 9.17) is 0 Å². The Balaban J connectivity index is 4.25. The summed E-state index contributed by atoms with van der Waals surface area (Å²) < 4.78 is -4.92. The zero-order valence-corrected chi connectivity index (χ0v) is 16.4. The largest absolute Gasteiger partial charge is 0.637 e. The van der Waals surface area contributed by atoms with E-state index in [1.165, 1.54) is 0 Å². The van der Waals surface area contributed by atoms with Crippen molar-refractivity contribution in [1.82, 2.24) is 0 Å². The molecule has 0 aromatic carbocycles. The molecule has 3 unspecified atom stereocenters. The van der Waals surface area contributed by atoms with Gasteiger partial charge in [-0.3, -0.25) is 40.5 Å². The predicted molar refractivity (Wildman–Crippen MR) is 84.9 cm³/mol. The Morgan fingerprint density at radius 2 is 1.30 bits per heavy atom. The van der Waals surface area contributed by atoms with Crippen LogP contribution in [0.1, 0.15) is 0 Å². The molecular formula is C6H2Br4N4O9. The van der Waals surface area contributed by atoms with Crippen LogP contribution in [0, 0.1) is 40.5 Å². The molecule has 0 saturated carbocycles. The van der Waals surface area contributed by atoms with Crippen LogP contribution in [0.5, 0.6) is 0 Å². The van der Waals surface area contributed by atoms with Gasteiger partial charge in [-0.05, 0) is 15.9 Å². The summed E-state index contributed by atoms with van der Waals surface area (Å²) in [5.74, 6) is 0. The van der Waals surface area contributed by atoms with E-state index in [2.05, 4.69) is 63.7 Å². The zero-order valence-electron chi connectivity index (χ0n) is 10.1. The third-order valence-electron chi connectivity index (χ3n) is 3.11. The van der Waals surface area contributed by atoms with Crippen LogP contribution < -0.4 is 0 Å². The molecule has 1 N–H and O–H groups in total. The minimum atomic E-state index is -4.31. The number of nitro groups is 4. The normalized spacial score (nSPS) is 33.2. The van der Waals surface area contributed by atoms with Gasteiger partial charge in [0, 0.05) is 20.4 Å². The molecule has 0 aliphatic heterocycles. The van der Waals surface area contributed by atoms with Crippen LogP contribution in [-0.2, 0) is 0 Å². The quantitative estimate of drug-likeness (QED) is 0.165. The maximum absolute atomic E-state index is 11.4. The van der Waals surface area contributed by atoms with Crippen molar-refractivity contribution in [2.24, 2.45) is 0 Å². The van der Waals surface area contributed by atoms with E-state index >= 15 is 0 Å². The monoisotopic (exact) mass is 590 g/mol. The molecule has 23 heavy (non-hydrogen) atoms. The molecule has 0 saturated heterocycles. The van der Waals surface area contributed by atoms with E-state index < -0.39 is 49.3 Å². The summed E-state index contributed by atoms with van der Waals surface area (Å²) in [6.07, 6.45) is 0. The standard InChI is InChI=1S/C6H2Br4N4O9/c7-1-2(8)4(10,11(16)17)6(13(20)21,14(22)23)5(15,3(1)9)12(18)19/h2,15H. The fourth-order valence-electron chi connectivity index (χ4n) is 2.02. The maximum Gasteiger partial charge on any atom is 0.637 e. The molecule has 128 valence electrons. The van der Waals surface area contributed by atoms with Gasteiger partial charge in [-0.2, -0.15) is 0 Å². The number of hydrogen-bond acceptors (Lipinski definition) is 9. The number of hydrogen-bond donors (Lipinski definition) is 1. The number of nitrogens with zero attached hydrogens (tertiary/aromatic N) is 4. The Labute approximate surface area is 158 Å². The molecule has 0 aromatic rings. The lowest BCUT2D eigenvalue weighted by molar-refractivity contribution is -0.897. The number of aliphatic hydroxyl groups is 1. The molecule has 0 fully saturated rings. The number of rotatable bonds is 4. The van der Waals surface area contributed by atoms with Crippen LogP contribution in [0.3, 0.4) is 0 Å². The van der Waals surface area contributed by atoms with E-state index in [-0.39, 0.29) is 0 Å². The number of halogens is 4. The van der Waals surface area contributed by atoms with Crippen molar-refractivity contribution < 1.29 is 24.8 Å². The molecule has 1 aliphatic rings. The van der Waals surface area contributed by atoms with E-state index in [0.29, 0.717) is 0 Å². The van der Waals surface area contributed by atoms with Gasteiger partial charge in [-0.25, -0.2) is 0 Å². The molecular weight excluding hydrogens is 592 g/mol. The summed E-state index contributed by atoms with van der Waals surface area (Å²) in [6, 6.07) is 0. The van der Waals surface area contributed by atoms with Crippen LogP contribution in [0.25, 0.3) is 0 Å². The van der Waals surface area contributed by atoms with Crippen molar-refractivity contribution >= 4 is 63.7 Å². The van der Waals surface area contributed by atoms with E-state index in [9.17, 15) is 45.6 Å². The van der Waals surface area contributed by atoms with E-state index in [1.807, 2.05) is 0 Å². The highest BCUT2D eigenvalue weighted by Gasteiger charge is 3.01. The molecule has 1 aliphatic carbocycles. The van der Waals surface area contributed by atoms with Crippen LogP contribution >= 0.6 is 63.7 Å². The van der Waals surface area contributed by atoms with Gasteiger partial charge in [0.25, 0.3) is 0 Å². The highest BCUT2D eigenvalue weighted by molar-refractivity contribution is 9.16. The second-order valence-electron chi connectivity index (χ2n) is 4.07. The molecule has 3 atom stereocenters. The van der Waals surface area contributed by atoms with Crippen LogP contribution in [-0.4, -0.2) is 45.5 Å². The molecule has 17 heteroatoms. The topological polar surface area (TPSA) is 193 Å². The fourth-order valence-corrected chi connectivity index (χ4v) is 5.41. The van der Waals surface area contributed by atoms with Crippen LogP contribution in [0.4, 0.5) is 0 Å². The van der Waals surface area contributed by atoms with Gasteiger partial charge in [0.05, 0.1) is 9.85 Å². The average molecular weight is 594 g/mol. The van der Waals surface area contributed by atoms with Gasteiger partial charge in [-0.1, -0.05) is 31.9 Å². The molecule has 0 heterocycles. The third kappa shape index (κ3) is 2.09. The summed E-state index contributed by atoms with van der Waals surface area (Å²) >= 11 is 10.1. The molecule has 0 spiro atoms. The minimum absolute atomic E-state index is 0.496. The van der Waals surface area contributed by atoms with Crippen LogP contribution in [0.15, 0.2) is 8.96 Å². The Hall–Kier alpha value is -0.780. The van der Waals surface area contributed by atoms with Gasteiger partial charge < -0.3 is 5.11 Å². The molecule has 0 aromatic heterocycles. The Morgan fingerprint density at radius 3 is 1.57 bits per heavy atom. The first-order chi connectivity index (χ1) is 10.2.